The summed E-state index contributed by atoms with van der Waals surface area (Å²) in [5, 5.41) is 10.2. The molecule has 0 fully saturated rings. The second-order valence-electron chi connectivity index (χ2n) is 8.08. The largest absolute Gasteiger partial charge is 0.504 e. The number of esters is 1. The predicted molar refractivity (Wildman–Crippen MR) is 145 cm³/mol. The third-order valence-corrected chi connectivity index (χ3v) is 7.36. The van der Waals surface area contributed by atoms with Crippen LogP contribution in [0, 0.1) is 0 Å². The number of hydrogen-bond acceptors (Lipinski definition) is 8. The average molecular weight is 587 g/mol. The quantitative estimate of drug-likeness (QED) is 0.399. The molecule has 1 aliphatic rings. The van der Waals surface area contributed by atoms with Crippen LogP contribution in [0.1, 0.15) is 44.9 Å². The molecule has 4 rings (SSSR count). The molecule has 37 heavy (non-hydrogen) atoms. The molecule has 0 bridgehead atoms. The van der Waals surface area contributed by atoms with Gasteiger partial charge in [-0.1, -0.05) is 39.4 Å². The van der Waals surface area contributed by atoms with Crippen molar-refractivity contribution < 1.29 is 24.1 Å². The molecule has 1 unspecified atom stereocenters. The first kappa shape index (κ1) is 26.7. The molecule has 0 saturated carbocycles. The van der Waals surface area contributed by atoms with Gasteiger partial charge in [-0.3, -0.25) is 9.36 Å². The van der Waals surface area contributed by atoms with Crippen LogP contribution < -0.4 is 24.4 Å². The molecule has 10 heteroatoms. The zero-order valence-electron chi connectivity index (χ0n) is 20.9. The number of aromatic hydroxyl groups is 1. The summed E-state index contributed by atoms with van der Waals surface area (Å²) in [5.41, 5.74) is 1.90. The van der Waals surface area contributed by atoms with Crippen molar-refractivity contribution in [1.82, 2.24) is 4.57 Å². The Kier molecular flexibility index (Phi) is 8.19. The Morgan fingerprint density at radius 3 is 2.49 bits per heavy atom. The number of ether oxygens (including phenoxy) is 3. The van der Waals surface area contributed by atoms with E-state index < -0.39 is 12.0 Å². The number of hydrogen-bond donors (Lipinski definition) is 1. The van der Waals surface area contributed by atoms with Gasteiger partial charge in [-0.05, 0) is 69.2 Å². The summed E-state index contributed by atoms with van der Waals surface area (Å²) in [7, 11) is 0. The van der Waals surface area contributed by atoms with Crippen LogP contribution in [0.5, 0.6) is 17.2 Å². The second kappa shape index (κ2) is 11.4. The van der Waals surface area contributed by atoms with Crippen molar-refractivity contribution in [3.05, 3.63) is 83.0 Å². The minimum absolute atomic E-state index is 0.00228. The van der Waals surface area contributed by atoms with E-state index in [0.29, 0.717) is 55.4 Å². The highest BCUT2D eigenvalue weighted by Crippen LogP contribution is 2.34. The molecule has 1 aliphatic heterocycles. The van der Waals surface area contributed by atoms with Crippen molar-refractivity contribution >= 4 is 39.3 Å². The Bertz CT molecular complexity index is 1540. The highest BCUT2D eigenvalue weighted by atomic mass is 79.9. The summed E-state index contributed by atoms with van der Waals surface area (Å²) in [6, 6.07) is 9.80. The van der Waals surface area contributed by atoms with Crippen molar-refractivity contribution in [2.75, 3.05) is 19.8 Å². The van der Waals surface area contributed by atoms with Gasteiger partial charge >= 0.3 is 5.97 Å². The van der Waals surface area contributed by atoms with Crippen LogP contribution >= 0.6 is 27.3 Å². The Balaban J connectivity index is 1.92. The van der Waals surface area contributed by atoms with Crippen molar-refractivity contribution in [2.45, 2.75) is 33.7 Å². The number of phenols is 1. The summed E-state index contributed by atoms with van der Waals surface area (Å²) in [4.78, 5) is 31.9. The zero-order chi connectivity index (χ0) is 26.7. The van der Waals surface area contributed by atoms with E-state index in [-0.39, 0.29) is 17.9 Å². The maximum Gasteiger partial charge on any atom is 0.338 e. The minimum Gasteiger partial charge on any atom is -0.504 e. The Morgan fingerprint density at radius 2 is 1.84 bits per heavy atom. The number of rotatable bonds is 8. The smallest absolute Gasteiger partial charge is 0.338 e. The van der Waals surface area contributed by atoms with E-state index in [1.54, 1.807) is 26.0 Å². The second-order valence-corrected chi connectivity index (χ2v) is 9.94. The first-order valence-corrected chi connectivity index (χ1v) is 13.5. The molecule has 0 aliphatic carbocycles. The lowest BCUT2D eigenvalue weighted by Crippen LogP contribution is -2.39. The fourth-order valence-electron chi connectivity index (χ4n) is 4.10. The summed E-state index contributed by atoms with van der Waals surface area (Å²) in [6.45, 7) is 8.32. The van der Waals surface area contributed by atoms with Crippen LogP contribution in [0.2, 0.25) is 0 Å². The van der Waals surface area contributed by atoms with Gasteiger partial charge in [-0.25, -0.2) is 9.79 Å². The van der Waals surface area contributed by atoms with Gasteiger partial charge in [0.15, 0.2) is 16.3 Å². The van der Waals surface area contributed by atoms with Crippen LogP contribution in [-0.2, 0) is 9.53 Å². The van der Waals surface area contributed by atoms with Crippen molar-refractivity contribution in [2.24, 2.45) is 4.99 Å². The number of halogens is 1. The van der Waals surface area contributed by atoms with Crippen LogP contribution in [0.3, 0.4) is 0 Å². The molecule has 0 saturated heterocycles. The molecule has 8 nitrogen and oxygen atoms in total. The van der Waals surface area contributed by atoms with E-state index >= 15 is 0 Å². The number of allylic oxidation sites excluding steroid dienone is 1. The van der Waals surface area contributed by atoms with E-state index in [1.807, 2.05) is 38.1 Å². The molecule has 194 valence electrons. The average Bonchev–Trinajstić information content (AvgIpc) is 3.16. The number of phenolic OH excluding ortho intramolecular Hbond substituents is 1. The van der Waals surface area contributed by atoms with E-state index in [2.05, 4.69) is 20.9 Å². The highest BCUT2D eigenvalue weighted by molar-refractivity contribution is 9.10. The van der Waals surface area contributed by atoms with Crippen LogP contribution in [0.15, 0.2) is 61.9 Å². The first-order chi connectivity index (χ1) is 17.8. The van der Waals surface area contributed by atoms with E-state index in [4.69, 9.17) is 14.2 Å². The maximum absolute atomic E-state index is 13.8. The third-order valence-electron chi connectivity index (χ3n) is 5.69. The number of nitrogens with zero attached hydrogens (tertiary/aromatic N) is 2. The monoisotopic (exact) mass is 586 g/mol. The number of carbonyl (C=O) groups is 1. The van der Waals surface area contributed by atoms with Gasteiger partial charge < -0.3 is 19.3 Å². The Labute approximate surface area is 226 Å². The van der Waals surface area contributed by atoms with Gasteiger partial charge in [0.05, 0.1) is 41.7 Å². The van der Waals surface area contributed by atoms with Gasteiger partial charge in [0.25, 0.3) is 5.56 Å². The van der Waals surface area contributed by atoms with Gasteiger partial charge in [0.2, 0.25) is 0 Å². The summed E-state index contributed by atoms with van der Waals surface area (Å²) < 4.78 is 19.0. The van der Waals surface area contributed by atoms with E-state index in [9.17, 15) is 14.7 Å². The van der Waals surface area contributed by atoms with E-state index in [0.717, 1.165) is 5.56 Å². The molecule has 2 aromatic carbocycles. The number of aromatic nitrogens is 1. The van der Waals surface area contributed by atoms with Crippen LogP contribution in [0.4, 0.5) is 0 Å². The fraction of sp³-hybridized carbons (Fsp3) is 0.296. The Hall–Kier alpha value is -3.37. The highest BCUT2D eigenvalue weighted by Gasteiger charge is 2.33. The molecule has 2 heterocycles. The Morgan fingerprint density at radius 1 is 1.14 bits per heavy atom. The SMILES string of the molecule is CCOC(=O)C1=C(C)N=c2s/c(=C/c3cc(OCC)c(O)cc3Br)c(=O)n2C1c1ccc(OCC)cc1. The van der Waals surface area contributed by atoms with Crippen molar-refractivity contribution in [1.29, 1.82) is 0 Å². The zero-order valence-corrected chi connectivity index (χ0v) is 23.3. The standard InChI is InChI=1S/C27H27BrN2O6S/c1-5-34-18-10-8-16(9-11-18)24-23(26(33)36-7-3)15(4)29-27-30(24)25(32)22(37-27)13-17-12-21(35-6-2)20(31)14-19(17)28/h8-14,24,31H,5-7H2,1-4H3/b22-13+. The summed E-state index contributed by atoms with van der Waals surface area (Å²) >= 11 is 4.68. The normalized spacial score (nSPS) is 15.3. The van der Waals surface area contributed by atoms with Crippen LogP contribution in [-0.4, -0.2) is 35.5 Å². The van der Waals surface area contributed by atoms with E-state index in [1.165, 1.54) is 22.0 Å². The molecule has 1 N–H and O–H groups in total. The minimum atomic E-state index is -0.713. The molecule has 3 aromatic rings. The number of carbonyl (C=O) groups excluding carboxylic acids is 1. The lowest BCUT2D eigenvalue weighted by atomic mass is 9.96. The van der Waals surface area contributed by atoms with Gasteiger partial charge in [-0.2, -0.15) is 0 Å². The number of fused-ring (bicyclic) bond motifs is 1. The maximum atomic E-state index is 13.8. The lowest BCUT2D eigenvalue weighted by Gasteiger charge is -2.24. The molecule has 1 aromatic heterocycles. The lowest BCUT2D eigenvalue weighted by molar-refractivity contribution is -0.139. The number of benzene rings is 2. The van der Waals surface area contributed by atoms with Gasteiger partial charge in [0.1, 0.15) is 5.75 Å². The topological polar surface area (TPSA) is 99.4 Å². The van der Waals surface area contributed by atoms with Gasteiger partial charge in [-0.15, -0.1) is 0 Å². The predicted octanol–water partition coefficient (Wildman–Crippen LogP) is 4.06. The molecular formula is C27H27BrN2O6S. The molecule has 0 amide bonds. The summed E-state index contributed by atoms with van der Waals surface area (Å²) in [5.74, 6) is 0.494. The van der Waals surface area contributed by atoms with Crippen molar-refractivity contribution in [3.8, 4) is 17.2 Å². The fourth-order valence-corrected chi connectivity index (χ4v) is 5.58. The summed E-state index contributed by atoms with van der Waals surface area (Å²) in [6.07, 6.45) is 1.72. The molecule has 0 spiro atoms. The molecular weight excluding hydrogens is 560 g/mol. The molecule has 0 radical (unpaired) electrons. The van der Waals surface area contributed by atoms with Crippen LogP contribution in [0.25, 0.3) is 6.08 Å². The third kappa shape index (κ3) is 5.35. The van der Waals surface area contributed by atoms with Gasteiger partial charge in [0, 0.05) is 4.47 Å². The first-order valence-electron chi connectivity index (χ1n) is 11.9. The molecule has 1 atom stereocenters. The van der Waals surface area contributed by atoms with Crippen molar-refractivity contribution in [3.63, 3.8) is 0 Å². The number of thiazole rings is 1.